The van der Waals surface area contributed by atoms with Crippen LogP contribution >= 0.6 is 0 Å². The lowest BCUT2D eigenvalue weighted by atomic mass is 10.1. The van der Waals surface area contributed by atoms with E-state index >= 15 is 0 Å². The molecule has 1 aromatic heterocycles. The van der Waals surface area contributed by atoms with Crippen LogP contribution in [0.15, 0.2) is 42.9 Å². The Kier molecular flexibility index (Phi) is 3.49. The summed E-state index contributed by atoms with van der Waals surface area (Å²) < 4.78 is 0. The molecule has 2 rings (SSSR count). The molecule has 0 saturated carbocycles. The van der Waals surface area contributed by atoms with E-state index in [1.807, 2.05) is 12.1 Å². The Morgan fingerprint density at radius 2 is 2.06 bits per heavy atom. The van der Waals surface area contributed by atoms with Gasteiger partial charge in [0, 0.05) is 11.9 Å². The van der Waals surface area contributed by atoms with E-state index in [1.54, 1.807) is 12.5 Å². The topological polar surface area (TPSA) is 37.8 Å². The Hall–Kier alpha value is -1.90. The van der Waals surface area contributed by atoms with E-state index in [-0.39, 0.29) is 0 Å². The first-order valence-corrected chi connectivity index (χ1v) is 5.47. The van der Waals surface area contributed by atoms with Gasteiger partial charge in [-0.05, 0) is 24.1 Å². The number of benzene rings is 1. The number of nitrogens with zero attached hydrogens (tertiary/aromatic N) is 2. The Morgan fingerprint density at radius 1 is 1.19 bits per heavy atom. The summed E-state index contributed by atoms with van der Waals surface area (Å²) in [6, 6.07) is 10.3. The summed E-state index contributed by atoms with van der Waals surface area (Å²) in [7, 11) is 0. The molecule has 3 nitrogen and oxygen atoms in total. The van der Waals surface area contributed by atoms with Crippen LogP contribution in [-0.4, -0.2) is 9.97 Å². The van der Waals surface area contributed by atoms with E-state index in [9.17, 15) is 0 Å². The summed E-state index contributed by atoms with van der Waals surface area (Å²) in [5.74, 6) is 0. The van der Waals surface area contributed by atoms with Crippen LogP contribution in [0.2, 0.25) is 0 Å². The van der Waals surface area contributed by atoms with Gasteiger partial charge in [0.15, 0.2) is 0 Å². The first kappa shape index (κ1) is 10.6. The summed E-state index contributed by atoms with van der Waals surface area (Å²) in [5, 5.41) is 3.39. The molecule has 0 aliphatic carbocycles. The predicted octanol–water partition coefficient (Wildman–Crippen LogP) is 2.65. The molecule has 0 saturated heterocycles. The van der Waals surface area contributed by atoms with Crippen molar-refractivity contribution in [2.75, 3.05) is 5.32 Å². The van der Waals surface area contributed by atoms with Gasteiger partial charge in [0.2, 0.25) is 0 Å². The molecule has 0 unspecified atom stereocenters. The van der Waals surface area contributed by atoms with Gasteiger partial charge in [-0.25, -0.2) is 9.97 Å². The molecule has 0 spiro atoms. The number of rotatable bonds is 4. The van der Waals surface area contributed by atoms with Crippen molar-refractivity contribution in [1.29, 1.82) is 0 Å². The average Bonchev–Trinajstić information content (AvgIpc) is 2.38. The van der Waals surface area contributed by atoms with E-state index in [2.05, 4.69) is 40.4 Å². The molecule has 1 heterocycles. The number of hydrogen-bond acceptors (Lipinski definition) is 3. The zero-order chi connectivity index (χ0) is 11.2. The predicted molar refractivity (Wildman–Crippen MR) is 65.2 cm³/mol. The molecule has 3 heteroatoms. The lowest BCUT2D eigenvalue weighted by Crippen LogP contribution is -2.03. The number of hydrogen-bond donors (Lipinski definition) is 1. The second kappa shape index (κ2) is 5.26. The van der Waals surface area contributed by atoms with E-state index in [1.165, 1.54) is 11.3 Å². The van der Waals surface area contributed by atoms with Crippen molar-refractivity contribution >= 4 is 5.69 Å². The summed E-state index contributed by atoms with van der Waals surface area (Å²) in [6.07, 6.45) is 4.37. The normalized spacial score (nSPS) is 10.1. The van der Waals surface area contributed by atoms with Gasteiger partial charge in [-0.1, -0.05) is 25.1 Å². The maximum Gasteiger partial charge on any atom is 0.115 e. The molecule has 0 bridgehead atoms. The number of aryl methyl sites for hydroxylation is 1. The summed E-state index contributed by atoms with van der Waals surface area (Å²) in [6.45, 7) is 2.89. The summed E-state index contributed by atoms with van der Waals surface area (Å²) >= 11 is 0. The fourth-order valence-corrected chi connectivity index (χ4v) is 1.61. The van der Waals surface area contributed by atoms with Crippen LogP contribution in [-0.2, 0) is 13.0 Å². The first-order valence-electron chi connectivity index (χ1n) is 5.47. The third kappa shape index (κ3) is 2.57. The van der Waals surface area contributed by atoms with Crippen molar-refractivity contribution in [3.05, 3.63) is 54.1 Å². The Balaban J connectivity index is 2.05. The number of aromatic nitrogens is 2. The smallest absolute Gasteiger partial charge is 0.115 e. The van der Waals surface area contributed by atoms with Crippen molar-refractivity contribution < 1.29 is 0 Å². The van der Waals surface area contributed by atoms with Gasteiger partial charge < -0.3 is 5.32 Å². The number of para-hydroxylation sites is 1. The van der Waals surface area contributed by atoms with Gasteiger partial charge in [0.05, 0.1) is 12.2 Å². The highest BCUT2D eigenvalue weighted by Crippen LogP contribution is 2.15. The standard InChI is InChI=1S/C13H15N3/c1-2-11-5-3-4-6-13(11)15-9-12-7-8-14-10-16-12/h3-8,10,15H,2,9H2,1H3. The Labute approximate surface area is 95.6 Å². The van der Waals surface area contributed by atoms with Crippen LogP contribution in [0.3, 0.4) is 0 Å². The van der Waals surface area contributed by atoms with E-state index in [0.717, 1.165) is 18.7 Å². The molecule has 1 N–H and O–H groups in total. The Morgan fingerprint density at radius 3 is 2.81 bits per heavy atom. The molecule has 2 aromatic rings. The lowest BCUT2D eigenvalue weighted by molar-refractivity contribution is 0.999. The highest BCUT2D eigenvalue weighted by atomic mass is 14.9. The average molecular weight is 213 g/mol. The summed E-state index contributed by atoms with van der Waals surface area (Å²) in [5.41, 5.74) is 3.51. The molecule has 82 valence electrons. The van der Waals surface area contributed by atoms with Crippen LogP contribution in [0.25, 0.3) is 0 Å². The third-order valence-corrected chi connectivity index (χ3v) is 2.50. The molecule has 0 fully saturated rings. The second-order valence-corrected chi connectivity index (χ2v) is 3.56. The third-order valence-electron chi connectivity index (χ3n) is 2.50. The first-order chi connectivity index (χ1) is 7.90. The fraction of sp³-hybridized carbons (Fsp3) is 0.231. The van der Waals surface area contributed by atoms with E-state index in [0.29, 0.717) is 0 Å². The van der Waals surface area contributed by atoms with Gasteiger partial charge in [0.25, 0.3) is 0 Å². The van der Waals surface area contributed by atoms with Gasteiger partial charge in [-0.3, -0.25) is 0 Å². The molecule has 0 radical (unpaired) electrons. The highest BCUT2D eigenvalue weighted by Gasteiger charge is 1.99. The van der Waals surface area contributed by atoms with Crippen LogP contribution < -0.4 is 5.32 Å². The van der Waals surface area contributed by atoms with Crippen molar-refractivity contribution in [2.45, 2.75) is 19.9 Å². The second-order valence-electron chi connectivity index (χ2n) is 3.56. The minimum atomic E-state index is 0.736. The molecule has 0 aliphatic rings. The van der Waals surface area contributed by atoms with Crippen molar-refractivity contribution in [1.82, 2.24) is 9.97 Å². The minimum absolute atomic E-state index is 0.736. The number of nitrogens with one attached hydrogen (secondary N) is 1. The van der Waals surface area contributed by atoms with Crippen LogP contribution in [0, 0.1) is 0 Å². The molecular weight excluding hydrogens is 198 g/mol. The van der Waals surface area contributed by atoms with Gasteiger partial charge in [-0.15, -0.1) is 0 Å². The van der Waals surface area contributed by atoms with E-state index in [4.69, 9.17) is 0 Å². The van der Waals surface area contributed by atoms with Crippen molar-refractivity contribution in [3.8, 4) is 0 Å². The van der Waals surface area contributed by atoms with E-state index < -0.39 is 0 Å². The molecule has 0 atom stereocenters. The SMILES string of the molecule is CCc1ccccc1NCc1ccncn1. The van der Waals surface area contributed by atoms with Gasteiger partial charge in [0.1, 0.15) is 6.33 Å². The zero-order valence-electron chi connectivity index (χ0n) is 9.35. The largest absolute Gasteiger partial charge is 0.379 e. The molecule has 0 amide bonds. The Bertz CT molecular complexity index is 440. The quantitative estimate of drug-likeness (QED) is 0.848. The van der Waals surface area contributed by atoms with Crippen LogP contribution in [0.5, 0.6) is 0 Å². The van der Waals surface area contributed by atoms with Gasteiger partial charge >= 0.3 is 0 Å². The van der Waals surface area contributed by atoms with Gasteiger partial charge in [-0.2, -0.15) is 0 Å². The minimum Gasteiger partial charge on any atom is -0.379 e. The van der Waals surface area contributed by atoms with Crippen LogP contribution in [0.4, 0.5) is 5.69 Å². The van der Waals surface area contributed by atoms with Crippen LogP contribution in [0.1, 0.15) is 18.2 Å². The monoisotopic (exact) mass is 213 g/mol. The zero-order valence-corrected chi connectivity index (χ0v) is 9.35. The maximum atomic E-state index is 4.18. The highest BCUT2D eigenvalue weighted by molar-refractivity contribution is 5.51. The van der Waals surface area contributed by atoms with Crippen molar-refractivity contribution in [3.63, 3.8) is 0 Å². The molecular formula is C13H15N3. The molecule has 0 aliphatic heterocycles. The number of anilines is 1. The lowest BCUT2D eigenvalue weighted by Gasteiger charge is -2.09. The molecule has 16 heavy (non-hydrogen) atoms. The molecule has 1 aromatic carbocycles. The summed E-state index contributed by atoms with van der Waals surface area (Å²) in [4.78, 5) is 8.07. The fourth-order valence-electron chi connectivity index (χ4n) is 1.61. The maximum absolute atomic E-state index is 4.18. The van der Waals surface area contributed by atoms with Crippen molar-refractivity contribution in [2.24, 2.45) is 0 Å².